The number of benzene rings is 1. The third-order valence-electron chi connectivity index (χ3n) is 4.27. The van der Waals surface area contributed by atoms with Crippen LogP contribution in [0.25, 0.3) is 0 Å². The Hall–Kier alpha value is -1.99. The molecule has 1 aliphatic heterocycles. The van der Waals surface area contributed by atoms with E-state index in [1.54, 1.807) is 6.07 Å². The Bertz CT molecular complexity index is 553. The van der Waals surface area contributed by atoms with Crippen molar-refractivity contribution in [1.29, 1.82) is 0 Å². The van der Waals surface area contributed by atoms with Crippen LogP contribution in [0.15, 0.2) is 24.3 Å². The fourth-order valence-electron chi connectivity index (χ4n) is 2.64. The van der Waals surface area contributed by atoms with E-state index >= 15 is 0 Å². The largest absolute Gasteiger partial charge is 0.381 e. The first-order chi connectivity index (χ1) is 10.4. The van der Waals surface area contributed by atoms with Gasteiger partial charge in [0, 0.05) is 43.0 Å². The zero-order valence-electron chi connectivity index (χ0n) is 12.9. The Morgan fingerprint density at radius 2 is 2.09 bits per heavy atom. The molecule has 0 aromatic heterocycles. The minimum atomic E-state index is -0.503. The summed E-state index contributed by atoms with van der Waals surface area (Å²) in [6.45, 7) is 1.83. The van der Waals surface area contributed by atoms with Crippen LogP contribution in [0.5, 0.6) is 0 Å². The molecule has 1 fully saturated rings. The second kappa shape index (κ2) is 6.85. The van der Waals surface area contributed by atoms with Gasteiger partial charge in [-0.25, -0.2) is 0 Å². The van der Waals surface area contributed by atoms with Crippen molar-refractivity contribution in [3.8, 4) is 0 Å². The van der Waals surface area contributed by atoms with Gasteiger partial charge in [-0.1, -0.05) is 6.07 Å². The summed E-state index contributed by atoms with van der Waals surface area (Å²) in [4.78, 5) is 24.6. The predicted octanol–water partition coefficient (Wildman–Crippen LogP) is 1.44. The summed E-state index contributed by atoms with van der Waals surface area (Å²) in [6, 6.07) is 5.76. The van der Waals surface area contributed by atoms with Gasteiger partial charge in [-0.15, -0.1) is 0 Å². The number of hydrogen-bond acceptors (Lipinski definition) is 5. The molecule has 0 bridgehead atoms. The van der Waals surface area contributed by atoms with Gasteiger partial charge in [0.05, 0.1) is 4.92 Å². The standard InChI is InChI=1S/C15H21N3O4/c1-17(2)15(6-8-22-9-7-15)11-16-14(19)12-4-3-5-13(10-12)18(20)21/h3-5,10H,6-9,11H2,1-2H3,(H,16,19). The maximum Gasteiger partial charge on any atom is 0.270 e. The van der Waals surface area contributed by atoms with Crippen molar-refractivity contribution >= 4 is 11.6 Å². The van der Waals surface area contributed by atoms with Crippen molar-refractivity contribution < 1.29 is 14.5 Å². The summed E-state index contributed by atoms with van der Waals surface area (Å²) in [5, 5.41) is 13.7. The highest BCUT2D eigenvalue weighted by molar-refractivity contribution is 5.94. The predicted molar refractivity (Wildman–Crippen MR) is 81.9 cm³/mol. The van der Waals surface area contributed by atoms with Crippen molar-refractivity contribution in [2.45, 2.75) is 18.4 Å². The molecule has 1 aliphatic rings. The van der Waals surface area contributed by atoms with Gasteiger partial charge in [0.25, 0.3) is 11.6 Å². The van der Waals surface area contributed by atoms with Gasteiger partial charge in [0.1, 0.15) is 0 Å². The highest BCUT2D eigenvalue weighted by Crippen LogP contribution is 2.25. The number of rotatable bonds is 5. The molecule has 1 saturated heterocycles. The lowest BCUT2D eigenvalue weighted by molar-refractivity contribution is -0.384. The average Bonchev–Trinajstić information content (AvgIpc) is 2.53. The van der Waals surface area contributed by atoms with E-state index in [4.69, 9.17) is 4.74 Å². The number of carbonyl (C=O) groups excluding carboxylic acids is 1. The zero-order chi connectivity index (χ0) is 16.2. The Kier molecular flexibility index (Phi) is 5.10. The number of likely N-dealkylation sites (N-methyl/N-ethyl adjacent to an activating group) is 1. The Morgan fingerprint density at radius 3 is 2.68 bits per heavy atom. The molecule has 7 nitrogen and oxygen atoms in total. The zero-order valence-corrected chi connectivity index (χ0v) is 12.9. The van der Waals surface area contributed by atoms with Gasteiger partial charge < -0.3 is 15.0 Å². The molecular formula is C15H21N3O4. The van der Waals surface area contributed by atoms with Crippen LogP contribution in [-0.2, 0) is 4.74 Å². The molecule has 7 heteroatoms. The van der Waals surface area contributed by atoms with Crippen molar-refractivity contribution in [2.75, 3.05) is 33.9 Å². The van der Waals surface area contributed by atoms with Gasteiger partial charge in [0.2, 0.25) is 0 Å². The fourth-order valence-corrected chi connectivity index (χ4v) is 2.64. The monoisotopic (exact) mass is 307 g/mol. The van der Waals surface area contributed by atoms with Gasteiger partial charge in [0.15, 0.2) is 0 Å². The number of nitro groups is 1. The number of non-ortho nitro benzene ring substituents is 1. The van der Waals surface area contributed by atoms with E-state index in [2.05, 4.69) is 10.2 Å². The van der Waals surface area contributed by atoms with Crippen LogP contribution in [-0.4, -0.2) is 55.1 Å². The van der Waals surface area contributed by atoms with Crippen LogP contribution in [0.4, 0.5) is 5.69 Å². The molecule has 0 atom stereocenters. The highest BCUT2D eigenvalue weighted by Gasteiger charge is 2.35. The van der Waals surface area contributed by atoms with Crippen molar-refractivity contribution in [2.24, 2.45) is 0 Å². The van der Waals surface area contributed by atoms with E-state index in [-0.39, 0.29) is 17.1 Å². The first kappa shape index (κ1) is 16.4. The number of nitrogens with one attached hydrogen (secondary N) is 1. The van der Waals surface area contributed by atoms with Crippen LogP contribution in [0.3, 0.4) is 0 Å². The Balaban J connectivity index is 2.05. The number of ether oxygens (including phenoxy) is 1. The Labute approximate surface area is 129 Å². The topological polar surface area (TPSA) is 84.7 Å². The summed E-state index contributed by atoms with van der Waals surface area (Å²) < 4.78 is 5.39. The van der Waals surface area contributed by atoms with Gasteiger partial charge in [-0.3, -0.25) is 14.9 Å². The van der Waals surface area contributed by atoms with Crippen molar-refractivity contribution in [1.82, 2.24) is 10.2 Å². The maximum absolute atomic E-state index is 12.2. The third-order valence-corrected chi connectivity index (χ3v) is 4.27. The summed E-state index contributed by atoms with van der Waals surface area (Å²) >= 11 is 0. The minimum absolute atomic E-state index is 0.0824. The quantitative estimate of drug-likeness (QED) is 0.657. The van der Waals surface area contributed by atoms with E-state index in [1.807, 2.05) is 14.1 Å². The van der Waals surface area contributed by atoms with E-state index in [0.29, 0.717) is 25.3 Å². The maximum atomic E-state index is 12.2. The Morgan fingerprint density at radius 1 is 1.41 bits per heavy atom. The molecule has 1 aromatic carbocycles. The molecule has 1 aromatic rings. The second-order valence-corrected chi connectivity index (χ2v) is 5.72. The molecule has 1 amide bonds. The summed E-state index contributed by atoms with van der Waals surface area (Å²) in [6.07, 6.45) is 1.68. The number of hydrogen-bond donors (Lipinski definition) is 1. The number of nitro benzene ring substituents is 1. The van der Waals surface area contributed by atoms with E-state index in [0.717, 1.165) is 12.8 Å². The van der Waals surface area contributed by atoms with Gasteiger partial charge >= 0.3 is 0 Å². The van der Waals surface area contributed by atoms with Crippen LogP contribution in [0.2, 0.25) is 0 Å². The molecule has 0 aliphatic carbocycles. The third kappa shape index (κ3) is 3.61. The number of carbonyl (C=O) groups is 1. The van der Waals surface area contributed by atoms with E-state index in [1.165, 1.54) is 18.2 Å². The molecule has 2 rings (SSSR count). The molecule has 0 spiro atoms. The molecule has 1 heterocycles. The summed E-state index contributed by atoms with van der Waals surface area (Å²) in [5.41, 5.74) is 0.0884. The van der Waals surface area contributed by atoms with Crippen LogP contribution in [0.1, 0.15) is 23.2 Å². The smallest absolute Gasteiger partial charge is 0.270 e. The van der Waals surface area contributed by atoms with Crippen molar-refractivity contribution in [3.05, 3.63) is 39.9 Å². The second-order valence-electron chi connectivity index (χ2n) is 5.72. The van der Waals surface area contributed by atoms with Crippen LogP contribution in [0, 0.1) is 10.1 Å². The molecule has 120 valence electrons. The summed E-state index contributed by atoms with van der Waals surface area (Å²) in [5.74, 6) is -0.295. The van der Waals surface area contributed by atoms with E-state index in [9.17, 15) is 14.9 Å². The molecular weight excluding hydrogens is 286 g/mol. The normalized spacial score (nSPS) is 17.2. The average molecular weight is 307 g/mol. The number of nitrogens with zero attached hydrogens (tertiary/aromatic N) is 2. The van der Waals surface area contributed by atoms with Crippen LogP contribution < -0.4 is 5.32 Å². The minimum Gasteiger partial charge on any atom is -0.381 e. The first-order valence-corrected chi connectivity index (χ1v) is 7.22. The molecule has 0 saturated carbocycles. The molecule has 0 unspecified atom stereocenters. The lowest BCUT2D eigenvalue weighted by atomic mass is 9.88. The first-order valence-electron chi connectivity index (χ1n) is 7.22. The van der Waals surface area contributed by atoms with Crippen LogP contribution >= 0.6 is 0 Å². The van der Waals surface area contributed by atoms with Gasteiger partial charge in [-0.05, 0) is 33.0 Å². The number of amides is 1. The highest BCUT2D eigenvalue weighted by atomic mass is 16.6. The molecule has 1 N–H and O–H groups in total. The lowest BCUT2D eigenvalue weighted by Crippen LogP contribution is -2.55. The summed E-state index contributed by atoms with van der Waals surface area (Å²) in [7, 11) is 3.98. The van der Waals surface area contributed by atoms with Crippen molar-refractivity contribution in [3.63, 3.8) is 0 Å². The molecule has 0 radical (unpaired) electrons. The SMILES string of the molecule is CN(C)C1(CNC(=O)c2cccc([N+](=O)[O-])c2)CCOCC1. The van der Waals surface area contributed by atoms with E-state index < -0.39 is 4.92 Å². The fraction of sp³-hybridized carbons (Fsp3) is 0.533. The lowest BCUT2D eigenvalue weighted by Gasteiger charge is -2.42. The van der Waals surface area contributed by atoms with Gasteiger partial charge in [-0.2, -0.15) is 0 Å². The molecule has 22 heavy (non-hydrogen) atoms.